The Balaban J connectivity index is 3.55. The van der Waals surface area contributed by atoms with Gasteiger partial charge in [-0.15, -0.1) is 0 Å². The molecule has 16 heavy (non-hydrogen) atoms. The van der Waals surface area contributed by atoms with Crippen LogP contribution in [0.4, 0.5) is 13.2 Å². The SMILES string of the molecule is COc1c(C(N)=O)cc(Br)cc1C(F)(F)F. The molecule has 0 aromatic heterocycles. The van der Waals surface area contributed by atoms with Gasteiger partial charge in [0, 0.05) is 4.47 Å². The number of methoxy groups -OCH3 is 1. The molecule has 0 radical (unpaired) electrons. The molecular formula is C9H7BrF3NO2. The molecule has 0 aliphatic rings. The summed E-state index contributed by atoms with van der Waals surface area (Å²) in [5.41, 5.74) is 3.61. The van der Waals surface area contributed by atoms with Crippen molar-refractivity contribution in [2.75, 3.05) is 7.11 Å². The zero-order chi connectivity index (χ0) is 12.5. The second-order valence-electron chi connectivity index (χ2n) is 2.90. The Morgan fingerprint density at radius 1 is 1.44 bits per heavy atom. The van der Waals surface area contributed by atoms with Gasteiger partial charge in [-0.1, -0.05) is 15.9 Å². The number of amides is 1. The average molecular weight is 298 g/mol. The van der Waals surface area contributed by atoms with E-state index >= 15 is 0 Å². The van der Waals surface area contributed by atoms with E-state index < -0.39 is 23.4 Å². The van der Waals surface area contributed by atoms with Crippen molar-refractivity contribution in [3.05, 3.63) is 27.7 Å². The topological polar surface area (TPSA) is 52.3 Å². The number of benzene rings is 1. The normalized spacial score (nSPS) is 11.3. The lowest BCUT2D eigenvalue weighted by Crippen LogP contribution is -2.16. The summed E-state index contributed by atoms with van der Waals surface area (Å²) in [6.45, 7) is 0. The van der Waals surface area contributed by atoms with Crippen molar-refractivity contribution in [2.24, 2.45) is 5.73 Å². The molecule has 88 valence electrons. The van der Waals surface area contributed by atoms with Gasteiger partial charge in [-0.25, -0.2) is 0 Å². The molecule has 1 aromatic carbocycles. The molecule has 0 aliphatic carbocycles. The van der Waals surface area contributed by atoms with Gasteiger partial charge >= 0.3 is 6.18 Å². The third-order valence-electron chi connectivity index (χ3n) is 1.83. The molecule has 0 saturated carbocycles. The van der Waals surface area contributed by atoms with E-state index in [1.165, 1.54) is 6.07 Å². The van der Waals surface area contributed by atoms with Gasteiger partial charge in [-0.2, -0.15) is 13.2 Å². The maximum Gasteiger partial charge on any atom is 0.420 e. The quantitative estimate of drug-likeness (QED) is 0.912. The summed E-state index contributed by atoms with van der Waals surface area (Å²) >= 11 is 2.87. The fourth-order valence-electron chi connectivity index (χ4n) is 1.21. The third-order valence-corrected chi connectivity index (χ3v) is 2.29. The largest absolute Gasteiger partial charge is 0.495 e. The maximum atomic E-state index is 12.6. The molecule has 1 rings (SSSR count). The van der Waals surface area contributed by atoms with Crippen molar-refractivity contribution >= 4 is 21.8 Å². The first-order valence-corrected chi connectivity index (χ1v) is 4.81. The molecule has 3 nitrogen and oxygen atoms in total. The van der Waals surface area contributed by atoms with E-state index in [9.17, 15) is 18.0 Å². The van der Waals surface area contributed by atoms with Gasteiger partial charge in [0.15, 0.2) is 0 Å². The van der Waals surface area contributed by atoms with Crippen molar-refractivity contribution < 1.29 is 22.7 Å². The molecule has 1 aromatic rings. The second kappa shape index (κ2) is 4.32. The van der Waals surface area contributed by atoms with E-state index in [2.05, 4.69) is 20.7 Å². The monoisotopic (exact) mass is 297 g/mol. The van der Waals surface area contributed by atoms with Crippen LogP contribution in [0.25, 0.3) is 0 Å². The second-order valence-corrected chi connectivity index (χ2v) is 3.81. The number of nitrogens with two attached hydrogens (primary N) is 1. The zero-order valence-corrected chi connectivity index (χ0v) is 9.65. The van der Waals surface area contributed by atoms with Crippen LogP contribution in [0, 0.1) is 0 Å². The van der Waals surface area contributed by atoms with Gasteiger partial charge in [-0.3, -0.25) is 4.79 Å². The van der Waals surface area contributed by atoms with Crippen molar-refractivity contribution in [3.63, 3.8) is 0 Å². The molecule has 0 heterocycles. The predicted octanol–water partition coefficient (Wildman–Crippen LogP) is 2.58. The summed E-state index contributed by atoms with van der Waals surface area (Å²) in [4.78, 5) is 11.0. The lowest BCUT2D eigenvalue weighted by Gasteiger charge is -2.14. The maximum absolute atomic E-state index is 12.6. The summed E-state index contributed by atoms with van der Waals surface area (Å²) in [6.07, 6.45) is -4.61. The van der Waals surface area contributed by atoms with Gasteiger partial charge in [0.05, 0.1) is 18.2 Å². The number of hydrogen-bond acceptors (Lipinski definition) is 2. The van der Waals surface area contributed by atoms with E-state index in [1.807, 2.05) is 0 Å². The van der Waals surface area contributed by atoms with Crippen LogP contribution in [0.5, 0.6) is 5.75 Å². The van der Waals surface area contributed by atoms with Crippen LogP contribution < -0.4 is 10.5 Å². The fourth-order valence-corrected chi connectivity index (χ4v) is 1.66. The first-order chi connectivity index (χ1) is 7.27. The number of ether oxygens (including phenoxy) is 1. The van der Waals surface area contributed by atoms with Crippen molar-refractivity contribution in [3.8, 4) is 5.75 Å². The minimum absolute atomic E-state index is 0.106. The molecule has 0 atom stereocenters. The van der Waals surface area contributed by atoms with Gasteiger partial charge in [0.2, 0.25) is 0 Å². The number of halogens is 4. The minimum atomic E-state index is -4.61. The molecule has 0 bridgehead atoms. The van der Waals surface area contributed by atoms with Crippen LogP contribution in [0.15, 0.2) is 16.6 Å². The Hall–Kier alpha value is -1.24. The Labute approximate surface area is 97.5 Å². The molecule has 2 N–H and O–H groups in total. The van der Waals surface area contributed by atoms with Gasteiger partial charge in [0.1, 0.15) is 5.75 Å². The number of rotatable bonds is 2. The van der Waals surface area contributed by atoms with Crippen LogP contribution >= 0.6 is 15.9 Å². The van der Waals surface area contributed by atoms with Crippen molar-refractivity contribution in [1.29, 1.82) is 0 Å². The molecule has 0 unspecified atom stereocenters. The highest BCUT2D eigenvalue weighted by Crippen LogP contribution is 2.39. The standard InChI is InChI=1S/C9H7BrF3NO2/c1-16-7-5(8(14)15)2-4(10)3-6(7)9(11,12)13/h2-3H,1H3,(H2,14,15). The van der Waals surface area contributed by atoms with Crippen molar-refractivity contribution in [2.45, 2.75) is 6.18 Å². The summed E-state index contributed by atoms with van der Waals surface area (Å²) < 4.78 is 42.5. The fraction of sp³-hybridized carbons (Fsp3) is 0.222. The highest BCUT2D eigenvalue weighted by molar-refractivity contribution is 9.10. The summed E-state index contributed by atoms with van der Waals surface area (Å²) in [7, 11) is 1.05. The number of alkyl halides is 3. The van der Waals surface area contributed by atoms with Crippen LogP contribution in [0.1, 0.15) is 15.9 Å². The average Bonchev–Trinajstić information content (AvgIpc) is 2.14. The molecular weight excluding hydrogens is 291 g/mol. The number of carbonyl (C=O) groups excluding carboxylic acids is 1. The summed E-state index contributed by atoms with van der Waals surface area (Å²) in [6, 6.07) is 2.00. The van der Waals surface area contributed by atoms with E-state index in [0.29, 0.717) is 0 Å². The lowest BCUT2D eigenvalue weighted by atomic mass is 10.1. The lowest BCUT2D eigenvalue weighted by molar-refractivity contribution is -0.138. The Bertz CT molecular complexity index is 431. The van der Waals surface area contributed by atoms with Crippen LogP contribution in [0.2, 0.25) is 0 Å². The van der Waals surface area contributed by atoms with E-state index in [4.69, 9.17) is 5.73 Å². The first kappa shape index (κ1) is 12.8. The Kier molecular flexibility index (Phi) is 3.47. The molecule has 0 fully saturated rings. The van der Waals surface area contributed by atoms with Gasteiger partial charge in [0.25, 0.3) is 5.91 Å². The van der Waals surface area contributed by atoms with Crippen LogP contribution in [-0.4, -0.2) is 13.0 Å². The van der Waals surface area contributed by atoms with E-state index in [-0.39, 0.29) is 10.0 Å². The number of hydrogen-bond donors (Lipinski definition) is 1. The minimum Gasteiger partial charge on any atom is -0.495 e. The molecule has 1 amide bonds. The molecule has 7 heteroatoms. The Morgan fingerprint density at radius 3 is 2.38 bits per heavy atom. The predicted molar refractivity (Wildman–Crippen MR) is 54.2 cm³/mol. The van der Waals surface area contributed by atoms with Crippen LogP contribution in [0.3, 0.4) is 0 Å². The van der Waals surface area contributed by atoms with Gasteiger partial charge in [-0.05, 0) is 12.1 Å². The molecule has 0 saturated heterocycles. The van der Waals surface area contributed by atoms with Crippen molar-refractivity contribution in [1.82, 2.24) is 0 Å². The third kappa shape index (κ3) is 2.46. The number of primary amides is 1. The molecule has 0 spiro atoms. The first-order valence-electron chi connectivity index (χ1n) is 4.02. The molecule has 0 aliphatic heterocycles. The van der Waals surface area contributed by atoms with Crippen LogP contribution in [-0.2, 0) is 6.18 Å². The van der Waals surface area contributed by atoms with E-state index in [0.717, 1.165) is 13.2 Å². The number of carbonyl (C=O) groups is 1. The summed E-state index contributed by atoms with van der Waals surface area (Å²) in [5.74, 6) is -1.55. The highest BCUT2D eigenvalue weighted by Gasteiger charge is 2.36. The van der Waals surface area contributed by atoms with E-state index in [1.54, 1.807) is 0 Å². The smallest absolute Gasteiger partial charge is 0.420 e. The summed E-state index contributed by atoms with van der Waals surface area (Å²) in [5, 5.41) is 0. The van der Waals surface area contributed by atoms with Gasteiger partial charge < -0.3 is 10.5 Å². The zero-order valence-electron chi connectivity index (χ0n) is 8.06. The highest BCUT2D eigenvalue weighted by atomic mass is 79.9. The Morgan fingerprint density at radius 2 is 2.00 bits per heavy atom.